The lowest BCUT2D eigenvalue weighted by molar-refractivity contribution is 0.207. The maximum Gasteiger partial charge on any atom is 0.409 e. The normalized spacial score (nSPS) is 10.8. The summed E-state index contributed by atoms with van der Waals surface area (Å²) in [4.78, 5) is 50.3. The third-order valence-electron chi connectivity index (χ3n) is 6.15. The van der Waals surface area contributed by atoms with Crippen LogP contribution in [-0.2, 0) is 24.2 Å². The highest BCUT2D eigenvalue weighted by Gasteiger charge is 2.15. The zero-order valence-electron chi connectivity index (χ0n) is 21.8. The molecule has 1 unspecified atom stereocenters. The summed E-state index contributed by atoms with van der Waals surface area (Å²) in [6.07, 6.45) is 15.7. The van der Waals surface area contributed by atoms with Gasteiger partial charge in [0, 0.05) is 26.2 Å². The van der Waals surface area contributed by atoms with E-state index in [1.165, 1.54) is 13.7 Å². The van der Waals surface area contributed by atoms with Gasteiger partial charge in [-0.3, -0.25) is 0 Å². The highest BCUT2D eigenvalue weighted by Crippen LogP contribution is 2.05. The number of carbonyl (C=O) groups is 1. The number of aromatic nitrogens is 3. The van der Waals surface area contributed by atoms with Gasteiger partial charge in [-0.05, 0) is 51.4 Å². The van der Waals surface area contributed by atoms with Crippen molar-refractivity contribution in [2.24, 2.45) is 0 Å². The van der Waals surface area contributed by atoms with E-state index in [1.54, 1.807) is 0 Å². The molecule has 1 heterocycles. The Morgan fingerprint density at radius 3 is 1.39 bits per heavy atom. The largest absolute Gasteiger partial charge is 0.435 e. The molecule has 0 aliphatic carbocycles. The SMILES string of the molecule is C=CCCCCCCn1c(=O)n(CCCCCCC=C)c(=O)n(CCCCCCNC(=O)OP)c1=O. The molecule has 1 rings (SSSR count). The van der Waals surface area contributed by atoms with Crippen LogP contribution in [0.25, 0.3) is 0 Å². The Bertz CT molecular complexity index is 908. The molecule has 0 saturated heterocycles. The van der Waals surface area contributed by atoms with E-state index < -0.39 is 23.2 Å². The number of allylic oxidation sites excluding steroid dienone is 2. The smallest absolute Gasteiger partial charge is 0.409 e. The quantitative estimate of drug-likeness (QED) is 0.145. The Kier molecular flexibility index (Phi) is 17.3. The van der Waals surface area contributed by atoms with Crippen molar-refractivity contribution in [3.63, 3.8) is 0 Å². The maximum absolute atomic E-state index is 13.1. The number of rotatable bonds is 21. The van der Waals surface area contributed by atoms with Crippen LogP contribution in [0.5, 0.6) is 0 Å². The van der Waals surface area contributed by atoms with Crippen molar-refractivity contribution >= 4 is 15.6 Å². The summed E-state index contributed by atoms with van der Waals surface area (Å²) < 4.78 is 8.16. The predicted molar refractivity (Wildman–Crippen MR) is 148 cm³/mol. The molecule has 1 N–H and O–H groups in total. The summed E-state index contributed by atoms with van der Waals surface area (Å²) in [7, 11) is 1.90. The fourth-order valence-corrected chi connectivity index (χ4v) is 4.14. The number of unbranched alkanes of at least 4 members (excludes halogenated alkanes) is 11. The summed E-state index contributed by atoms with van der Waals surface area (Å²) in [5.41, 5.74) is -1.52. The zero-order valence-corrected chi connectivity index (χ0v) is 22.9. The van der Waals surface area contributed by atoms with Crippen molar-refractivity contribution < 1.29 is 9.32 Å². The monoisotopic (exact) mass is 524 g/mol. The molecule has 204 valence electrons. The number of nitrogens with one attached hydrogen (secondary N) is 1. The Hall–Kier alpha value is -2.41. The lowest BCUT2D eigenvalue weighted by Crippen LogP contribution is -2.54. The van der Waals surface area contributed by atoms with Crippen LogP contribution in [0.2, 0.25) is 0 Å². The average Bonchev–Trinajstić information content (AvgIpc) is 2.87. The Morgan fingerprint density at radius 2 is 1.03 bits per heavy atom. The molecule has 0 aliphatic rings. The molecule has 10 heteroatoms. The zero-order chi connectivity index (χ0) is 26.6. The van der Waals surface area contributed by atoms with Crippen molar-refractivity contribution in [1.29, 1.82) is 0 Å². The fraction of sp³-hybridized carbons (Fsp3) is 0.692. The minimum atomic E-state index is -0.511. The van der Waals surface area contributed by atoms with E-state index in [0.29, 0.717) is 26.1 Å². The molecule has 1 aromatic rings. The Labute approximate surface area is 216 Å². The first kappa shape index (κ1) is 31.6. The van der Waals surface area contributed by atoms with Gasteiger partial charge in [-0.2, -0.15) is 0 Å². The first-order valence-corrected chi connectivity index (χ1v) is 13.8. The average molecular weight is 525 g/mol. The molecule has 0 aromatic carbocycles. The van der Waals surface area contributed by atoms with Crippen LogP contribution in [0.4, 0.5) is 4.79 Å². The van der Waals surface area contributed by atoms with Crippen LogP contribution < -0.4 is 22.4 Å². The van der Waals surface area contributed by atoms with Crippen molar-refractivity contribution in [3.8, 4) is 0 Å². The second-order valence-electron chi connectivity index (χ2n) is 9.03. The van der Waals surface area contributed by atoms with Crippen molar-refractivity contribution in [2.45, 2.75) is 110 Å². The highest BCUT2D eigenvalue weighted by molar-refractivity contribution is 7.10. The third kappa shape index (κ3) is 12.0. The van der Waals surface area contributed by atoms with Crippen LogP contribution in [0.3, 0.4) is 0 Å². The second kappa shape index (κ2) is 19.7. The molecule has 9 nitrogen and oxygen atoms in total. The van der Waals surface area contributed by atoms with E-state index in [0.717, 1.165) is 83.5 Å². The molecular weight excluding hydrogens is 479 g/mol. The second-order valence-corrected chi connectivity index (χ2v) is 9.27. The van der Waals surface area contributed by atoms with Gasteiger partial charge < -0.3 is 9.84 Å². The lowest BCUT2D eigenvalue weighted by Gasteiger charge is -2.14. The summed E-state index contributed by atoms with van der Waals surface area (Å²) >= 11 is 0. The molecule has 0 saturated carbocycles. The van der Waals surface area contributed by atoms with Crippen LogP contribution in [-0.4, -0.2) is 26.3 Å². The molecule has 0 fully saturated rings. The Morgan fingerprint density at radius 1 is 0.667 bits per heavy atom. The molecule has 0 radical (unpaired) electrons. The molecule has 36 heavy (non-hydrogen) atoms. The molecule has 0 aliphatic heterocycles. The first-order valence-electron chi connectivity index (χ1n) is 13.3. The van der Waals surface area contributed by atoms with Gasteiger partial charge in [0.05, 0.1) is 9.47 Å². The molecule has 0 spiro atoms. The van der Waals surface area contributed by atoms with E-state index in [2.05, 4.69) is 23.0 Å². The van der Waals surface area contributed by atoms with Crippen molar-refractivity contribution in [1.82, 2.24) is 19.0 Å². The molecule has 1 atom stereocenters. The van der Waals surface area contributed by atoms with Gasteiger partial charge >= 0.3 is 23.2 Å². The van der Waals surface area contributed by atoms with E-state index >= 15 is 0 Å². The number of hydrogen-bond acceptors (Lipinski definition) is 5. The molecular formula is C26H45N4O5P. The van der Waals surface area contributed by atoms with E-state index in [-0.39, 0.29) is 6.54 Å². The topological polar surface area (TPSA) is 104 Å². The van der Waals surface area contributed by atoms with Crippen LogP contribution in [0.15, 0.2) is 39.7 Å². The highest BCUT2D eigenvalue weighted by atomic mass is 31.0. The molecule has 0 bridgehead atoms. The van der Waals surface area contributed by atoms with Crippen LogP contribution >= 0.6 is 9.47 Å². The summed E-state index contributed by atoms with van der Waals surface area (Å²) in [6, 6.07) is 0. The first-order chi connectivity index (χ1) is 17.5. The van der Waals surface area contributed by atoms with Gasteiger partial charge in [0.15, 0.2) is 0 Å². The Balaban J connectivity index is 2.84. The van der Waals surface area contributed by atoms with E-state index in [9.17, 15) is 19.2 Å². The van der Waals surface area contributed by atoms with Gasteiger partial charge in [-0.25, -0.2) is 32.9 Å². The standard InChI is InChI=1S/C26H45N4O5P/c1-3-5-7-9-12-16-20-28-24(32)29(21-17-13-10-8-6-4-2)26(34)30(25(28)33)22-18-14-11-15-19-27-23(31)35-36/h3-4H,1-2,5-22,36H2,(H,27,31). The van der Waals surface area contributed by atoms with Crippen molar-refractivity contribution in [2.75, 3.05) is 6.54 Å². The maximum atomic E-state index is 13.1. The number of amides is 1. The van der Waals surface area contributed by atoms with Crippen LogP contribution in [0, 0.1) is 0 Å². The minimum Gasteiger partial charge on any atom is -0.435 e. The minimum absolute atomic E-state index is 0.275. The number of nitrogens with zero attached hydrogens (tertiary/aromatic N) is 3. The molecule has 1 amide bonds. The number of hydrogen-bond donors (Lipinski definition) is 1. The van der Waals surface area contributed by atoms with E-state index in [1.807, 2.05) is 21.6 Å². The number of carbonyl (C=O) groups excluding carboxylic acids is 1. The van der Waals surface area contributed by atoms with Gasteiger partial charge in [-0.15, -0.1) is 13.2 Å². The van der Waals surface area contributed by atoms with Gasteiger partial charge in [-0.1, -0.05) is 50.7 Å². The summed E-state index contributed by atoms with van der Waals surface area (Å²) in [6.45, 7) is 8.88. The van der Waals surface area contributed by atoms with E-state index in [4.69, 9.17) is 0 Å². The lowest BCUT2D eigenvalue weighted by atomic mass is 10.1. The fourth-order valence-electron chi connectivity index (χ4n) is 4.06. The summed E-state index contributed by atoms with van der Waals surface area (Å²) in [5.74, 6) is 0. The third-order valence-corrected chi connectivity index (χ3v) is 6.36. The van der Waals surface area contributed by atoms with Gasteiger partial charge in [0.2, 0.25) is 0 Å². The van der Waals surface area contributed by atoms with Crippen molar-refractivity contribution in [3.05, 3.63) is 56.8 Å². The van der Waals surface area contributed by atoms with Gasteiger partial charge in [0.25, 0.3) is 0 Å². The predicted octanol–water partition coefficient (Wildman–Crippen LogP) is 4.52. The van der Waals surface area contributed by atoms with Crippen LogP contribution in [0.1, 0.15) is 89.9 Å². The summed E-state index contributed by atoms with van der Waals surface area (Å²) in [5, 5.41) is 2.61. The van der Waals surface area contributed by atoms with Gasteiger partial charge in [0.1, 0.15) is 0 Å². The molecule has 1 aromatic heterocycles.